The predicted molar refractivity (Wildman–Crippen MR) is 77.8 cm³/mol. The minimum atomic E-state index is 0.188. The van der Waals surface area contributed by atoms with E-state index in [-0.39, 0.29) is 12.5 Å². The smallest absolute Gasteiger partial charge is 0.240 e. The summed E-state index contributed by atoms with van der Waals surface area (Å²) in [4.78, 5) is 16.4. The number of allylic oxidation sites excluding steroid dienone is 2. The van der Waals surface area contributed by atoms with Gasteiger partial charge in [0, 0.05) is 25.4 Å². The third-order valence-electron chi connectivity index (χ3n) is 3.67. The van der Waals surface area contributed by atoms with Gasteiger partial charge in [0.15, 0.2) is 0 Å². The van der Waals surface area contributed by atoms with Crippen molar-refractivity contribution in [3.8, 4) is 0 Å². The van der Waals surface area contributed by atoms with Crippen molar-refractivity contribution in [2.24, 2.45) is 0 Å². The summed E-state index contributed by atoms with van der Waals surface area (Å²) in [6, 6.07) is 0. The number of likely N-dealkylation sites (N-methyl/N-ethyl adjacent to an activating group) is 2. The molecule has 1 N–H and O–H groups in total. The van der Waals surface area contributed by atoms with Crippen molar-refractivity contribution >= 4 is 5.91 Å². The topological polar surface area (TPSA) is 43.8 Å². The van der Waals surface area contributed by atoms with Crippen LogP contribution >= 0.6 is 0 Å². The average molecular weight is 268 g/mol. The zero-order valence-electron chi connectivity index (χ0n) is 12.4. The highest BCUT2D eigenvalue weighted by atomic mass is 16.3. The molecule has 0 aliphatic heterocycles. The maximum absolute atomic E-state index is 12.4. The van der Waals surface area contributed by atoms with E-state index in [4.69, 9.17) is 5.11 Å². The van der Waals surface area contributed by atoms with E-state index in [0.717, 1.165) is 38.9 Å². The Balaban J connectivity index is 2.54. The average Bonchev–Trinajstić information content (AvgIpc) is 2.45. The lowest BCUT2D eigenvalue weighted by molar-refractivity contribution is -0.130. The second-order valence-electron chi connectivity index (χ2n) is 5.03. The Morgan fingerprint density at radius 2 is 2.11 bits per heavy atom. The molecule has 19 heavy (non-hydrogen) atoms. The predicted octanol–water partition coefficient (Wildman–Crippen LogP) is 2.00. The molecule has 0 aromatic heterocycles. The van der Waals surface area contributed by atoms with E-state index < -0.39 is 0 Å². The molecule has 4 heteroatoms. The van der Waals surface area contributed by atoms with Gasteiger partial charge >= 0.3 is 0 Å². The van der Waals surface area contributed by atoms with Crippen molar-refractivity contribution in [3.05, 3.63) is 11.8 Å². The van der Waals surface area contributed by atoms with Gasteiger partial charge in [0.05, 0.1) is 6.54 Å². The summed E-state index contributed by atoms with van der Waals surface area (Å²) in [5.74, 6) is 0.190. The fraction of sp³-hybridized carbons (Fsp3) is 0.800. The summed E-state index contributed by atoms with van der Waals surface area (Å²) in [5, 5.41) is 8.87. The Morgan fingerprint density at radius 1 is 1.32 bits per heavy atom. The van der Waals surface area contributed by atoms with Crippen LogP contribution in [-0.4, -0.2) is 53.6 Å². The Morgan fingerprint density at radius 3 is 2.63 bits per heavy atom. The summed E-state index contributed by atoms with van der Waals surface area (Å²) in [6.07, 6.45) is 7.51. The molecule has 0 bridgehead atoms. The largest absolute Gasteiger partial charge is 0.396 e. The van der Waals surface area contributed by atoms with Crippen LogP contribution in [0.1, 0.15) is 46.0 Å². The monoisotopic (exact) mass is 268 g/mol. The van der Waals surface area contributed by atoms with E-state index in [0.29, 0.717) is 6.54 Å². The molecule has 110 valence electrons. The molecule has 4 nitrogen and oxygen atoms in total. The number of nitrogens with zero attached hydrogens (tertiary/aromatic N) is 2. The van der Waals surface area contributed by atoms with Gasteiger partial charge in [0.2, 0.25) is 5.91 Å². The van der Waals surface area contributed by atoms with E-state index in [2.05, 4.69) is 17.9 Å². The molecule has 0 saturated heterocycles. The first-order valence-corrected chi connectivity index (χ1v) is 7.55. The van der Waals surface area contributed by atoms with Gasteiger partial charge in [-0.05, 0) is 45.6 Å². The fourth-order valence-electron chi connectivity index (χ4n) is 2.53. The third kappa shape index (κ3) is 5.33. The van der Waals surface area contributed by atoms with E-state index in [1.807, 2.05) is 11.8 Å². The molecule has 0 unspecified atom stereocenters. The maximum Gasteiger partial charge on any atom is 0.240 e. The van der Waals surface area contributed by atoms with Gasteiger partial charge in [-0.3, -0.25) is 9.69 Å². The highest BCUT2D eigenvalue weighted by Gasteiger charge is 2.19. The number of carbonyl (C=O) groups is 1. The first kappa shape index (κ1) is 16.2. The molecule has 0 spiro atoms. The van der Waals surface area contributed by atoms with Crippen LogP contribution in [0.25, 0.3) is 0 Å². The normalized spacial score (nSPS) is 15.5. The number of hydrogen-bond donors (Lipinski definition) is 1. The van der Waals surface area contributed by atoms with E-state index in [9.17, 15) is 4.79 Å². The van der Waals surface area contributed by atoms with Crippen LogP contribution in [0.5, 0.6) is 0 Å². The van der Waals surface area contributed by atoms with Crippen molar-refractivity contribution in [2.45, 2.75) is 46.0 Å². The molecule has 1 aliphatic carbocycles. The van der Waals surface area contributed by atoms with Gasteiger partial charge in [-0.15, -0.1) is 0 Å². The van der Waals surface area contributed by atoms with Crippen molar-refractivity contribution in [1.82, 2.24) is 9.80 Å². The Bertz CT molecular complexity index is 303. The number of aliphatic hydroxyl groups excluding tert-OH is 1. The van der Waals surface area contributed by atoms with E-state index in [1.165, 1.54) is 18.5 Å². The van der Waals surface area contributed by atoms with Gasteiger partial charge in [0.25, 0.3) is 0 Å². The molecule has 0 atom stereocenters. The van der Waals surface area contributed by atoms with Crippen LogP contribution in [0, 0.1) is 0 Å². The maximum atomic E-state index is 12.4. The first-order valence-electron chi connectivity index (χ1n) is 7.55. The van der Waals surface area contributed by atoms with Crippen molar-refractivity contribution in [3.63, 3.8) is 0 Å². The lowest BCUT2D eigenvalue weighted by atomic mass is 10.0. The molecule has 1 amide bonds. The van der Waals surface area contributed by atoms with Gasteiger partial charge < -0.3 is 10.0 Å². The van der Waals surface area contributed by atoms with Gasteiger partial charge in [-0.1, -0.05) is 13.0 Å². The van der Waals surface area contributed by atoms with Gasteiger partial charge in [0.1, 0.15) is 0 Å². The Labute approximate surface area is 117 Å². The molecule has 0 radical (unpaired) electrons. The number of carbonyl (C=O) groups excluding carboxylic acids is 1. The van der Waals surface area contributed by atoms with Crippen molar-refractivity contribution in [1.29, 1.82) is 0 Å². The van der Waals surface area contributed by atoms with Gasteiger partial charge in [-0.2, -0.15) is 0 Å². The zero-order chi connectivity index (χ0) is 14.1. The molecular formula is C15H28N2O2. The van der Waals surface area contributed by atoms with Gasteiger partial charge in [-0.25, -0.2) is 0 Å². The number of rotatable bonds is 8. The third-order valence-corrected chi connectivity index (χ3v) is 3.67. The van der Waals surface area contributed by atoms with Crippen LogP contribution in [0.3, 0.4) is 0 Å². The minimum absolute atomic E-state index is 0.188. The second-order valence-corrected chi connectivity index (χ2v) is 5.03. The summed E-state index contributed by atoms with van der Waals surface area (Å²) in [7, 11) is 0. The van der Waals surface area contributed by atoms with Crippen LogP contribution in [0.15, 0.2) is 11.8 Å². The SMILES string of the molecule is CCN(CCCO)CC(=O)N(CC)C1=CCCCC1. The highest BCUT2D eigenvalue weighted by Crippen LogP contribution is 2.21. The van der Waals surface area contributed by atoms with Crippen molar-refractivity contribution in [2.75, 3.05) is 32.8 Å². The van der Waals surface area contributed by atoms with Crippen LogP contribution in [-0.2, 0) is 4.79 Å². The number of hydrogen-bond acceptors (Lipinski definition) is 3. The molecule has 0 fully saturated rings. The van der Waals surface area contributed by atoms with E-state index in [1.54, 1.807) is 0 Å². The molecule has 0 aromatic rings. The second kappa shape index (κ2) is 9.10. The molecular weight excluding hydrogens is 240 g/mol. The molecule has 0 aromatic carbocycles. The summed E-state index contributed by atoms with van der Waals surface area (Å²) >= 11 is 0. The Kier molecular flexibility index (Phi) is 7.75. The van der Waals surface area contributed by atoms with Crippen LogP contribution in [0.4, 0.5) is 0 Å². The standard InChI is InChI=1S/C15H28N2O2/c1-3-16(11-8-12-18)13-15(19)17(4-2)14-9-6-5-7-10-14/h9,18H,3-8,10-13H2,1-2H3. The summed E-state index contributed by atoms with van der Waals surface area (Å²) in [6.45, 7) is 7.13. The number of amides is 1. The highest BCUT2D eigenvalue weighted by molar-refractivity contribution is 5.80. The Hall–Kier alpha value is -0.870. The van der Waals surface area contributed by atoms with E-state index >= 15 is 0 Å². The lowest BCUT2D eigenvalue weighted by Gasteiger charge is -2.29. The molecule has 0 heterocycles. The quantitative estimate of drug-likeness (QED) is 0.732. The molecule has 1 rings (SSSR count). The van der Waals surface area contributed by atoms with Crippen molar-refractivity contribution < 1.29 is 9.90 Å². The molecule has 0 saturated carbocycles. The fourth-order valence-corrected chi connectivity index (χ4v) is 2.53. The minimum Gasteiger partial charge on any atom is -0.396 e. The zero-order valence-corrected chi connectivity index (χ0v) is 12.4. The number of aliphatic hydroxyl groups is 1. The summed E-state index contributed by atoms with van der Waals surface area (Å²) < 4.78 is 0. The van der Waals surface area contributed by atoms with Crippen LogP contribution < -0.4 is 0 Å². The lowest BCUT2D eigenvalue weighted by Crippen LogP contribution is -2.40. The first-order chi connectivity index (χ1) is 9.22. The molecule has 1 aliphatic rings. The van der Waals surface area contributed by atoms with Crippen LogP contribution in [0.2, 0.25) is 0 Å². The summed E-state index contributed by atoms with van der Waals surface area (Å²) in [5.41, 5.74) is 1.21.